The van der Waals surface area contributed by atoms with E-state index in [0.29, 0.717) is 18.3 Å². The Morgan fingerprint density at radius 3 is 2.72 bits per heavy atom. The van der Waals surface area contributed by atoms with E-state index in [1.54, 1.807) is 14.0 Å². The van der Waals surface area contributed by atoms with Crippen LogP contribution in [-0.4, -0.2) is 41.6 Å². The van der Waals surface area contributed by atoms with E-state index >= 15 is 0 Å². The number of aliphatic imine (C=N–C) groups is 1. The molecule has 6 nitrogen and oxygen atoms in total. The zero-order valence-electron chi connectivity index (χ0n) is 11.4. The van der Waals surface area contributed by atoms with Crippen molar-refractivity contribution in [2.75, 3.05) is 20.6 Å². The molecule has 0 amide bonds. The summed E-state index contributed by atoms with van der Waals surface area (Å²) < 4.78 is 5.02. The first-order valence-corrected chi connectivity index (χ1v) is 5.88. The minimum Gasteiger partial charge on any atom is -0.347 e. The second-order valence-electron chi connectivity index (χ2n) is 3.91. The lowest BCUT2D eigenvalue weighted by atomic mass is 10.3. The molecule has 1 N–H and O–H groups in total. The molecule has 0 saturated carbocycles. The average Bonchev–Trinajstić information content (AvgIpc) is 2.73. The van der Waals surface area contributed by atoms with Gasteiger partial charge in [0.25, 0.3) is 0 Å². The van der Waals surface area contributed by atoms with Crippen molar-refractivity contribution >= 4 is 29.9 Å². The molecule has 0 unspecified atom stereocenters. The van der Waals surface area contributed by atoms with Crippen LogP contribution in [0.5, 0.6) is 0 Å². The Morgan fingerprint density at radius 1 is 1.50 bits per heavy atom. The van der Waals surface area contributed by atoms with Gasteiger partial charge in [0.1, 0.15) is 0 Å². The van der Waals surface area contributed by atoms with Gasteiger partial charge in [-0.1, -0.05) is 18.5 Å². The summed E-state index contributed by atoms with van der Waals surface area (Å²) in [5.41, 5.74) is 0. The number of guanidine groups is 1. The normalized spacial score (nSPS) is 11.0. The molecule has 0 fully saturated rings. The van der Waals surface area contributed by atoms with Crippen LogP contribution in [0.4, 0.5) is 0 Å². The van der Waals surface area contributed by atoms with E-state index in [-0.39, 0.29) is 24.0 Å². The van der Waals surface area contributed by atoms with Crippen LogP contribution in [0.15, 0.2) is 9.52 Å². The SMILES string of the molecule is CCCCN(C)C(=NC)NCc1nc(C)no1.I. The molecule has 0 atom stereocenters. The number of hydrogen-bond donors (Lipinski definition) is 1. The van der Waals surface area contributed by atoms with Crippen molar-refractivity contribution in [2.45, 2.75) is 33.2 Å². The summed E-state index contributed by atoms with van der Waals surface area (Å²) in [6.45, 7) is 5.46. The highest BCUT2D eigenvalue weighted by atomic mass is 127. The van der Waals surface area contributed by atoms with Gasteiger partial charge in [-0.25, -0.2) is 0 Å². The topological polar surface area (TPSA) is 66.5 Å². The Kier molecular flexibility index (Phi) is 8.69. The van der Waals surface area contributed by atoms with Crippen LogP contribution in [0.3, 0.4) is 0 Å². The Balaban J connectivity index is 0.00000289. The fraction of sp³-hybridized carbons (Fsp3) is 0.727. The molecule has 0 aliphatic rings. The molecule has 0 aliphatic heterocycles. The van der Waals surface area contributed by atoms with Crippen molar-refractivity contribution < 1.29 is 4.52 Å². The Bertz CT molecular complexity index is 366. The molecule has 1 rings (SSSR count). The van der Waals surface area contributed by atoms with E-state index in [4.69, 9.17) is 4.52 Å². The maximum absolute atomic E-state index is 5.02. The predicted molar refractivity (Wildman–Crippen MR) is 82.2 cm³/mol. The highest BCUT2D eigenvalue weighted by Crippen LogP contribution is 1.97. The van der Waals surface area contributed by atoms with Crippen molar-refractivity contribution in [3.63, 3.8) is 0 Å². The summed E-state index contributed by atoms with van der Waals surface area (Å²) in [5.74, 6) is 2.07. The van der Waals surface area contributed by atoms with E-state index in [0.717, 1.165) is 18.9 Å². The predicted octanol–water partition coefficient (Wildman–Crippen LogP) is 1.80. The second-order valence-corrected chi connectivity index (χ2v) is 3.91. The number of hydrogen-bond acceptors (Lipinski definition) is 4. The van der Waals surface area contributed by atoms with E-state index in [1.165, 1.54) is 6.42 Å². The van der Waals surface area contributed by atoms with Gasteiger partial charge >= 0.3 is 0 Å². The van der Waals surface area contributed by atoms with Crippen LogP contribution in [-0.2, 0) is 6.54 Å². The van der Waals surface area contributed by atoms with Crippen molar-refractivity contribution in [3.05, 3.63) is 11.7 Å². The number of halogens is 1. The first-order chi connectivity index (χ1) is 8.17. The van der Waals surface area contributed by atoms with Gasteiger partial charge in [0.05, 0.1) is 6.54 Å². The fourth-order valence-electron chi connectivity index (χ4n) is 1.45. The van der Waals surface area contributed by atoms with Gasteiger partial charge in [-0.15, -0.1) is 24.0 Å². The second kappa shape index (κ2) is 9.12. The molecule has 0 radical (unpaired) electrons. The van der Waals surface area contributed by atoms with Crippen LogP contribution in [0.1, 0.15) is 31.5 Å². The number of nitrogens with one attached hydrogen (secondary N) is 1. The quantitative estimate of drug-likeness (QED) is 0.489. The third-order valence-corrected chi connectivity index (χ3v) is 2.39. The molecule has 18 heavy (non-hydrogen) atoms. The number of rotatable bonds is 5. The third kappa shape index (κ3) is 5.65. The van der Waals surface area contributed by atoms with Crippen LogP contribution in [0.2, 0.25) is 0 Å². The van der Waals surface area contributed by atoms with E-state index in [1.807, 2.05) is 7.05 Å². The van der Waals surface area contributed by atoms with Gasteiger partial charge in [-0.05, 0) is 13.3 Å². The first kappa shape index (κ1) is 17.1. The molecule has 7 heteroatoms. The number of aromatic nitrogens is 2. The first-order valence-electron chi connectivity index (χ1n) is 5.88. The molecular formula is C11H22IN5O. The lowest BCUT2D eigenvalue weighted by Gasteiger charge is -2.21. The summed E-state index contributed by atoms with van der Waals surface area (Å²) in [6, 6.07) is 0. The Labute approximate surface area is 125 Å². The van der Waals surface area contributed by atoms with Crippen LogP contribution < -0.4 is 5.32 Å². The minimum atomic E-state index is 0. The Hall–Kier alpha value is -0.860. The summed E-state index contributed by atoms with van der Waals surface area (Å²) in [7, 11) is 3.79. The summed E-state index contributed by atoms with van der Waals surface area (Å²) in [5, 5.41) is 6.92. The molecule has 104 valence electrons. The smallest absolute Gasteiger partial charge is 0.246 e. The third-order valence-electron chi connectivity index (χ3n) is 2.39. The molecule has 1 heterocycles. The van der Waals surface area contributed by atoms with Gasteiger partial charge < -0.3 is 14.7 Å². The number of aryl methyl sites for hydroxylation is 1. The van der Waals surface area contributed by atoms with Crippen LogP contribution >= 0.6 is 24.0 Å². The highest BCUT2D eigenvalue weighted by Gasteiger charge is 2.07. The largest absolute Gasteiger partial charge is 0.347 e. The van der Waals surface area contributed by atoms with Crippen LogP contribution in [0.25, 0.3) is 0 Å². The van der Waals surface area contributed by atoms with E-state index in [2.05, 4.69) is 32.3 Å². The monoisotopic (exact) mass is 367 g/mol. The zero-order chi connectivity index (χ0) is 12.7. The van der Waals surface area contributed by atoms with Gasteiger partial charge in [0, 0.05) is 20.6 Å². The summed E-state index contributed by atoms with van der Waals surface area (Å²) >= 11 is 0. The zero-order valence-corrected chi connectivity index (χ0v) is 13.8. The van der Waals surface area contributed by atoms with Crippen molar-refractivity contribution in [1.82, 2.24) is 20.4 Å². The van der Waals surface area contributed by atoms with Gasteiger partial charge in [-0.2, -0.15) is 4.98 Å². The molecule has 1 aromatic rings. The maximum atomic E-state index is 5.02. The van der Waals surface area contributed by atoms with E-state index < -0.39 is 0 Å². The summed E-state index contributed by atoms with van der Waals surface area (Å²) in [6.07, 6.45) is 2.32. The highest BCUT2D eigenvalue weighted by molar-refractivity contribution is 14.0. The van der Waals surface area contributed by atoms with Gasteiger partial charge in [0.15, 0.2) is 11.8 Å². The lowest BCUT2D eigenvalue weighted by molar-refractivity contribution is 0.368. The standard InChI is InChI=1S/C11H21N5O.HI/c1-5-6-7-16(4)11(12-3)13-8-10-14-9(2)15-17-10;/h5-8H2,1-4H3,(H,12,13);1H. The average molecular weight is 367 g/mol. The summed E-state index contributed by atoms with van der Waals surface area (Å²) in [4.78, 5) is 10.4. The maximum Gasteiger partial charge on any atom is 0.246 e. The fourth-order valence-corrected chi connectivity index (χ4v) is 1.45. The van der Waals surface area contributed by atoms with E-state index in [9.17, 15) is 0 Å². The van der Waals surface area contributed by atoms with Crippen molar-refractivity contribution in [3.8, 4) is 0 Å². The minimum absolute atomic E-state index is 0. The molecule has 1 aromatic heterocycles. The molecule has 0 saturated heterocycles. The Morgan fingerprint density at radius 2 is 2.22 bits per heavy atom. The molecule has 0 aliphatic carbocycles. The van der Waals surface area contributed by atoms with Gasteiger partial charge in [0.2, 0.25) is 5.89 Å². The van der Waals surface area contributed by atoms with Gasteiger partial charge in [-0.3, -0.25) is 4.99 Å². The van der Waals surface area contributed by atoms with Crippen molar-refractivity contribution in [2.24, 2.45) is 4.99 Å². The van der Waals surface area contributed by atoms with Crippen LogP contribution in [0, 0.1) is 6.92 Å². The molecule has 0 bridgehead atoms. The molecular weight excluding hydrogens is 345 g/mol. The molecule has 0 spiro atoms. The van der Waals surface area contributed by atoms with Crippen molar-refractivity contribution in [1.29, 1.82) is 0 Å². The molecule has 0 aromatic carbocycles. The number of unbranched alkanes of at least 4 members (excludes halogenated alkanes) is 1. The number of nitrogens with zero attached hydrogens (tertiary/aromatic N) is 4. The lowest BCUT2D eigenvalue weighted by Crippen LogP contribution is -2.39.